The number of aromatic hydroxyl groups is 1. The van der Waals surface area contributed by atoms with Gasteiger partial charge in [0.05, 0.1) is 0 Å². The smallest absolute Gasteiger partial charge is 0.251 e. The predicted molar refractivity (Wildman–Crippen MR) is 50.5 cm³/mol. The maximum absolute atomic E-state index is 10.8. The van der Waals surface area contributed by atoms with E-state index in [9.17, 15) is 9.90 Å². The molecule has 0 aliphatic rings. The highest BCUT2D eigenvalue weighted by Gasteiger charge is 2.14. The van der Waals surface area contributed by atoms with E-state index in [2.05, 4.69) is 4.98 Å². The van der Waals surface area contributed by atoms with E-state index in [0.717, 1.165) is 6.07 Å². The summed E-state index contributed by atoms with van der Waals surface area (Å²) in [5.74, 6) is 0.182. The van der Waals surface area contributed by atoms with Gasteiger partial charge in [-0.15, -0.1) is 0 Å². The molecule has 0 aliphatic carbocycles. The van der Waals surface area contributed by atoms with Crippen LogP contribution in [0.1, 0.15) is 25.5 Å². The van der Waals surface area contributed by atoms with Gasteiger partial charge in [0.2, 0.25) is 0 Å². The Kier molecular flexibility index (Phi) is 2.72. The van der Waals surface area contributed by atoms with E-state index in [1.807, 2.05) is 13.8 Å². The summed E-state index contributed by atoms with van der Waals surface area (Å²) in [6.45, 7) is 3.91. The molecule has 1 atom stereocenters. The van der Waals surface area contributed by atoms with Gasteiger partial charge >= 0.3 is 0 Å². The summed E-state index contributed by atoms with van der Waals surface area (Å²) in [6.07, 6.45) is 1.46. The van der Waals surface area contributed by atoms with Crippen molar-refractivity contribution < 1.29 is 5.11 Å². The van der Waals surface area contributed by atoms with Gasteiger partial charge < -0.3 is 15.8 Å². The number of pyridine rings is 1. The molecule has 4 N–H and O–H groups in total. The van der Waals surface area contributed by atoms with Crippen LogP contribution in [0.4, 0.5) is 0 Å². The van der Waals surface area contributed by atoms with Gasteiger partial charge in [0.15, 0.2) is 0 Å². The minimum absolute atomic E-state index is 0.0371. The first-order valence-corrected chi connectivity index (χ1v) is 4.19. The molecule has 0 saturated carbocycles. The summed E-state index contributed by atoms with van der Waals surface area (Å²) in [5, 5.41) is 9.41. The van der Waals surface area contributed by atoms with Gasteiger partial charge in [-0.3, -0.25) is 4.79 Å². The molecular weight excluding hydrogens is 168 g/mol. The number of hydrogen-bond acceptors (Lipinski definition) is 3. The average molecular weight is 182 g/mol. The molecule has 0 unspecified atom stereocenters. The molecular formula is C9H14N2O2. The van der Waals surface area contributed by atoms with Crippen molar-refractivity contribution in [1.29, 1.82) is 0 Å². The topological polar surface area (TPSA) is 79.1 Å². The summed E-state index contributed by atoms with van der Waals surface area (Å²) in [7, 11) is 0. The normalized spacial score (nSPS) is 13.2. The maximum atomic E-state index is 10.8. The lowest BCUT2D eigenvalue weighted by molar-refractivity contribution is 0.437. The van der Waals surface area contributed by atoms with Gasteiger partial charge in [0.25, 0.3) is 5.56 Å². The molecule has 0 bridgehead atoms. The Labute approximate surface area is 76.4 Å². The fourth-order valence-electron chi connectivity index (χ4n) is 1.10. The molecule has 13 heavy (non-hydrogen) atoms. The van der Waals surface area contributed by atoms with Crippen LogP contribution in [-0.2, 0) is 0 Å². The lowest BCUT2D eigenvalue weighted by atomic mass is 9.98. The van der Waals surface area contributed by atoms with Gasteiger partial charge in [-0.2, -0.15) is 0 Å². The molecule has 72 valence electrons. The van der Waals surface area contributed by atoms with Gasteiger partial charge in [0.1, 0.15) is 5.75 Å². The molecule has 4 nitrogen and oxygen atoms in total. The van der Waals surface area contributed by atoms with Gasteiger partial charge in [0, 0.05) is 23.9 Å². The van der Waals surface area contributed by atoms with E-state index in [-0.39, 0.29) is 23.3 Å². The SMILES string of the molecule is CC(C)[C@@H](N)c1c[nH]c(=O)cc1O. The first kappa shape index (κ1) is 9.80. The molecule has 1 aromatic heterocycles. The van der Waals surface area contributed by atoms with Crippen molar-refractivity contribution in [1.82, 2.24) is 4.98 Å². The number of H-pyrrole nitrogens is 1. The second-order valence-electron chi connectivity index (χ2n) is 3.41. The molecule has 0 aliphatic heterocycles. The van der Waals surface area contributed by atoms with Gasteiger partial charge in [-0.1, -0.05) is 13.8 Å². The van der Waals surface area contributed by atoms with E-state index in [0.29, 0.717) is 5.56 Å². The fraction of sp³-hybridized carbons (Fsp3) is 0.444. The van der Waals surface area contributed by atoms with Crippen molar-refractivity contribution in [2.24, 2.45) is 11.7 Å². The predicted octanol–water partition coefficient (Wildman–Crippen LogP) is 0.736. The third-order valence-electron chi connectivity index (χ3n) is 2.01. The zero-order chi connectivity index (χ0) is 10.0. The van der Waals surface area contributed by atoms with Crippen LogP contribution in [0.5, 0.6) is 5.75 Å². The minimum atomic E-state index is -0.322. The lowest BCUT2D eigenvalue weighted by Gasteiger charge is -2.16. The highest BCUT2D eigenvalue weighted by atomic mass is 16.3. The van der Waals surface area contributed by atoms with Crippen LogP contribution in [0.25, 0.3) is 0 Å². The Morgan fingerprint density at radius 1 is 1.54 bits per heavy atom. The second-order valence-corrected chi connectivity index (χ2v) is 3.41. The number of aromatic nitrogens is 1. The maximum Gasteiger partial charge on any atom is 0.251 e. The molecule has 0 aromatic carbocycles. The fourth-order valence-corrected chi connectivity index (χ4v) is 1.10. The van der Waals surface area contributed by atoms with Crippen LogP contribution in [0, 0.1) is 5.92 Å². The zero-order valence-electron chi connectivity index (χ0n) is 7.74. The summed E-state index contributed by atoms with van der Waals surface area (Å²) in [4.78, 5) is 13.3. The van der Waals surface area contributed by atoms with Crippen LogP contribution in [0.15, 0.2) is 17.1 Å². The number of rotatable bonds is 2. The van der Waals surface area contributed by atoms with Crippen molar-refractivity contribution >= 4 is 0 Å². The molecule has 0 spiro atoms. The Morgan fingerprint density at radius 2 is 2.15 bits per heavy atom. The Bertz CT molecular complexity index is 344. The monoisotopic (exact) mass is 182 g/mol. The minimum Gasteiger partial charge on any atom is -0.507 e. The van der Waals surface area contributed by atoms with Crippen LogP contribution < -0.4 is 11.3 Å². The number of nitrogens with two attached hydrogens (primary N) is 1. The van der Waals surface area contributed by atoms with E-state index in [1.54, 1.807) is 0 Å². The van der Waals surface area contributed by atoms with Crippen LogP contribution >= 0.6 is 0 Å². The molecule has 0 fully saturated rings. The quantitative estimate of drug-likeness (QED) is 0.631. The summed E-state index contributed by atoms with van der Waals surface area (Å²) in [6, 6.07) is 0.884. The highest BCUT2D eigenvalue weighted by Crippen LogP contribution is 2.24. The number of aromatic amines is 1. The Morgan fingerprint density at radius 3 is 2.62 bits per heavy atom. The summed E-state index contributed by atoms with van der Waals surface area (Å²) in [5.41, 5.74) is 6.06. The molecule has 4 heteroatoms. The van der Waals surface area contributed by atoms with E-state index >= 15 is 0 Å². The first-order valence-electron chi connectivity index (χ1n) is 4.19. The third-order valence-corrected chi connectivity index (χ3v) is 2.01. The Hall–Kier alpha value is -1.29. The van der Waals surface area contributed by atoms with Gasteiger partial charge in [-0.05, 0) is 5.92 Å². The Balaban J connectivity index is 3.08. The largest absolute Gasteiger partial charge is 0.507 e. The highest BCUT2D eigenvalue weighted by molar-refractivity contribution is 5.31. The van der Waals surface area contributed by atoms with Crippen LogP contribution in [0.3, 0.4) is 0 Å². The zero-order valence-corrected chi connectivity index (χ0v) is 7.74. The van der Waals surface area contributed by atoms with Crippen LogP contribution in [0.2, 0.25) is 0 Å². The average Bonchev–Trinajstić information content (AvgIpc) is 2.03. The van der Waals surface area contributed by atoms with Crippen LogP contribution in [-0.4, -0.2) is 10.1 Å². The summed E-state index contributed by atoms with van der Waals surface area (Å²) >= 11 is 0. The number of nitrogens with one attached hydrogen (secondary N) is 1. The third kappa shape index (κ3) is 2.09. The number of hydrogen-bond donors (Lipinski definition) is 3. The van der Waals surface area contributed by atoms with Crippen molar-refractivity contribution in [3.63, 3.8) is 0 Å². The second kappa shape index (κ2) is 3.62. The van der Waals surface area contributed by atoms with E-state index in [1.165, 1.54) is 6.20 Å². The molecule has 0 saturated heterocycles. The molecule has 0 radical (unpaired) electrons. The lowest BCUT2D eigenvalue weighted by Crippen LogP contribution is -2.18. The van der Waals surface area contributed by atoms with Crippen molar-refractivity contribution in [3.05, 3.63) is 28.2 Å². The molecule has 1 rings (SSSR count). The molecule has 1 heterocycles. The van der Waals surface area contributed by atoms with Crippen molar-refractivity contribution in [3.8, 4) is 5.75 Å². The van der Waals surface area contributed by atoms with Gasteiger partial charge in [-0.25, -0.2) is 0 Å². The summed E-state index contributed by atoms with van der Waals surface area (Å²) < 4.78 is 0. The van der Waals surface area contributed by atoms with Crippen molar-refractivity contribution in [2.45, 2.75) is 19.9 Å². The molecule has 1 aromatic rings. The standard InChI is InChI=1S/C9H14N2O2/c1-5(2)9(10)6-4-11-8(13)3-7(6)12/h3-5,9H,10H2,1-2H3,(H2,11,12,13)/t9-/m1/s1. The van der Waals surface area contributed by atoms with E-state index in [4.69, 9.17) is 5.73 Å². The first-order chi connectivity index (χ1) is 6.02. The molecule has 0 amide bonds. The van der Waals surface area contributed by atoms with E-state index < -0.39 is 0 Å². The van der Waals surface area contributed by atoms with Crippen molar-refractivity contribution in [2.75, 3.05) is 0 Å².